The third-order valence-corrected chi connectivity index (χ3v) is 3.64. The molecule has 1 aromatic carbocycles. The highest BCUT2D eigenvalue weighted by Crippen LogP contribution is 2.29. The number of para-hydroxylation sites is 1. The van der Waals surface area contributed by atoms with Crippen LogP contribution in [0.3, 0.4) is 0 Å². The fourth-order valence-electron chi connectivity index (χ4n) is 2.62. The number of nitrogens with one attached hydrogen (secondary N) is 1. The first kappa shape index (κ1) is 13.9. The van der Waals surface area contributed by atoms with Crippen LogP contribution in [0.4, 0.5) is 5.95 Å². The largest absolute Gasteiger partial charge is 0.488 e. The minimum absolute atomic E-state index is 0.177. The number of anilines is 1. The average molecular weight is 287 g/mol. The molecule has 0 spiro atoms. The summed E-state index contributed by atoms with van der Waals surface area (Å²) in [5, 5.41) is 3.34. The van der Waals surface area contributed by atoms with Gasteiger partial charge in [0.05, 0.1) is 6.54 Å². The highest BCUT2D eigenvalue weighted by Gasteiger charge is 2.23. The third-order valence-electron chi connectivity index (χ3n) is 3.64. The van der Waals surface area contributed by atoms with E-state index in [4.69, 9.17) is 9.47 Å². The summed E-state index contributed by atoms with van der Waals surface area (Å²) in [6, 6.07) is 8.24. The number of imidazole rings is 1. The Kier molecular flexibility index (Phi) is 4.40. The van der Waals surface area contributed by atoms with Crippen LogP contribution in [0.15, 0.2) is 36.7 Å². The highest BCUT2D eigenvalue weighted by molar-refractivity contribution is 5.37. The van der Waals surface area contributed by atoms with Crippen molar-refractivity contribution < 1.29 is 9.47 Å². The Bertz CT molecular complexity index is 557. The van der Waals surface area contributed by atoms with E-state index in [0.29, 0.717) is 0 Å². The first-order valence-electron chi connectivity index (χ1n) is 7.35. The zero-order valence-electron chi connectivity index (χ0n) is 12.3. The van der Waals surface area contributed by atoms with Crippen LogP contribution in [0.25, 0.3) is 0 Å². The lowest BCUT2D eigenvalue weighted by atomic mass is 10.1. The van der Waals surface area contributed by atoms with Crippen molar-refractivity contribution in [3.8, 4) is 5.75 Å². The van der Waals surface area contributed by atoms with Gasteiger partial charge in [0.25, 0.3) is 0 Å². The molecule has 0 saturated carbocycles. The van der Waals surface area contributed by atoms with Gasteiger partial charge in [-0.05, 0) is 18.1 Å². The Morgan fingerprint density at radius 3 is 3.19 bits per heavy atom. The van der Waals surface area contributed by atoms with E-state index in [-0.39, 0.29) is 6.10 Å². The number of hydrogen-bond acceptors (Lipinski definition) is 4. The Morgan fingerprint density at radius 1 is 1.43 bits per heavy atom. The van der Waals surface area contributed by atoms with Crippen LogP contribution in [0.5, 0.6) is 5.75 Å². The van der Waals surface area contributed by atoms with Gasteiger partial charge in [0, 0.05) is 39.1 Å². The van der Waals surface area contributed by atoms with Crippen molar-refractivity contribution >= 4 is 5.95 Å². The Hall–Kier alpha value is -2.01. The third kappa shape index (κ3) is 3.36. The summed E-state index contributed by atoms with van der Waals surface area (Å²) >= 11 is 0. The fourth-order valence-corrected chi connectivity index (χ4v) is 2.62. The molecule has 1 aliphatic heterocycles. The van der Waals surface area contributed by atoms with E-state index in [0.717, 1.165) is 44.2 Å². The van der Waals surface area contributed by atoms with E-state index >= 15 is 0 Å². The van der Waals surface area contributed by atoms with Gasteiger partial charge in [-0.2, -0.15) is 0 Å². The van der Waals surface area contributed by atoms with Crippen LogP contribution < -0.4 is 10.1 Å². The lowest BCUT2D eigenvalue weighted by Gasteiger charge is -2.14. The Balaban J connectivity index is 1.56. The van der Waals surface area contributed by atoms with Gasteiger partial charge in [-0.1, -0.05) is 18.2 Å². The molecule has 0 saturated heterocycles. The predicted octanol–water partition coefficient (Wildman–Crippen LogP) is 2.34. The maximum absolute atomic E-state index is 5.98. The quantitative estimate of drug-likeness (QED) is 0.794. The summed E-state index contributed by atoms with van der Waals surface area (Å²) in [4.78, 5) is 4.36. The van der Waals surface area contributed by atoms with E-state index in [1.165, 1.54) is 5.56 Å². The second-order valence-electron chi connectivity index (χ2n) is 5.23. The van der Waals surface area contributed by atoms with Crippen molar-refractivity contribution in [1.29, 1.82) is 0 Å². The van der Waals surface area contributed by atoms with Gasteiger partial charge >= 0.3 is 0 Å². The topological polar surface area (TPSA) is 48.3 Å². The standard InChI is InChI=1S/C16H21N3O2/c1-20-10-4-7-17-16-18-8-9-19(16)12-14-11-13-5-2-3-6-15(13)21-14/h2-3,5-6,8-9,14H,4,7,10-12H2,1H3,(H,17,18). The molecule has 5 heteroatoms. The molecule has 1 N–H and O–H groups in total. The zero-order chi connectivity index (χ0) is 14.5. The van der Waals surface area contributed by atoms with Crippen LogP contribution in [0, 0.1) is 0 Å². The molecular formula is C16H21N3O2. The SMILES string of the molecule is COCCCNc1nccn1CC1Cc2ccccc2O1. The molecule has 1 aliphatic rings. The summed E-state index contributed by atoms with van der Waals surface area (Å²) in [7, 11) is 1.72. The molecule has 0 fully saturated rings. The van der Waals surface area contributed by atoms with Crippen LogP contribution in [0.2, 0.25) is 0 Å². The summed E-state index contributed by atoms with van der Waals surface area (Å²) in [5.74, 6) is 1.91. The molecule has 1 aromatic heterocycles. The summed E-state index contributed by atoms with van der Waals surface area (Å²) < 4.78 is 13.1. The van der Waals surface area contributed by atoms with Crippen LogP contribution >= 0.6 is 0 Å². The smallest absolute Gasteiger partial charge is 0.202 e. The number of hydrogen-bond donors (Lipinski definition) is 1. The molecule has 0 bridgehead atoms. The van der Waals surface area contributed by atoms with Gasteiger partial charge in [0.2, 0.25) is 5.95 Å². The molecule has 3 rings (SSSR count). The molecule has 0 aliphatic carbocycles. The van der Waals surface area contributed by atoms with Crippen molar-refractivity contribution in [3.63, 3.8) is 0 Å². The first-order chi connectivity index (χ1) is 10.4. The molecule has 1 unspecified atom stereocenters. The van der Waals surface area contributed by atoms with Gasteiger partial charge in [0.15, 0.2) is 0 Å². The fraction of sp³-hybridized carbons (Fsp3) is 0.438. The first-order valence-corrected chi connectivity index (χ1v) is 7.35. The van der Waals surface area contributed by atoms with Crippen molar-refractivity contribution in [1.82, 2.24) is 9.55 Å². The second-order valence-corrected chi connectivity index (χ2v) is 5.23. The van der Waals surface area contributed by atoms with Crippen LogP contribution in [0.1, 0.15) is 12.0 Å². The van der Waals surface area contributed by atoms with Gasteiger partial charge in [-0.3, -0.25) is 0 Å². The number of aromatic nitrogens is 2. The van der Waals surface area contributed by atoms with Crippen molar-refractivity contribution in [2.45, 2.75) is 25.5 Å². The molecule has 21 heavy (non-hydrogen) atoms. The molecule has 112 valence electrons. The number of fused-ring (bicyclic) bond motifs is 1. The maximum Gasteiger partial charge on any atom is 0.202 e. The van der Waals surface area contributed by atoms with Gasteiger partial charge in [-0.25, -0.2) is 4.98 Å². The molecule has 0 radical (unpaired) electrons. The molecule has 2 aromatic rings. The van der Waals surface area contributed by atoms with E-state index in [1.807, 2.05) is 24.5 Å². The van der Waals surface area contributed by atoms with Crippen molar-refractivity contribution in [2.24, 2.45) is 0 Å². The Labute approximate surface area is 124 Å². The van der Waals surface area contributed by atoms with Crippen LogP contribution in [-0.4, -0.2) is 35.9 Å². The Morgan fingerprint density at radius 2 is 2.33 bits per heavy atom. The minimum Gasteiger partial charge on any atom is -0.488 e. The zero-order valence-corrected chi connectivity index (χ0v) is 12.3. The second kappa shape index (κ2) is 6.63. The van der Waals surface area contributed by atoms with Crippen LogP contribution in [-0.2, 0) is 17.7 Å². The lowest BCUT2D eigenvalue weighted by Crippen LogP contribution is -2.22. The summed E-state index contributed by atoms with van der Waals surface area (Å²) in [6.45, 7) is 2.42. The highest BCUT2D eigenvalue weighted by atomic mass is 16.5. The van der Waals surface area contributed by atoms with Gasteiger partial charge in [-0.15, -0.1) is 0 Å². The number of methoxy groups -OCH3 is 1. The normalized spacial score (nSPS) is 16.5. The molecule has 2 heterocycles. The van der Waals surface area contributed by atoms with E-state index < -0.39 is 0 Å². The summed E-state index contributed by atoms with van der Waals surface area (Å²) in [5.41, 5.74) is 1.29. The number of rotatable bonds is 7. The average Bonchev–Trinajstić information content (AvgIpc) is 3.10. The van der Waals surface area contributed by atoms with E-state index in [9.17, 15) is 0 Å². The monoisotopic (exact) mass is 287 g/mol. The molecule has 5 nitrogen and oxygen atoms in total. The number of benzene rings is 1. The number of ether oxygens (including phenoxy) is 2. The lowest BCUT2D eigenvalue weighted by molar-refractivity contribution is 0.197. The number of nitrogens with zero attached hydrogens (tertiary/aromatic N) is 2. The predicted molar refractivity (Wildman–Crippen MR) is 81.8 cm³/mol. The van der Waals surface area contributed by atoms with Crippen molar-refractivity contribution in [3.05, 3.63) is 42.2 Å². The van der Waals surface area contributed by atoms with E-state index in [1.54, 1.807) is 7.11 Å². The summed E-state index contributed by atoms with van der Waals surface area (Å²) in [6.07, 6.45) is 5.91. The maximum atomic E-state index is 5.98. The molecular weight excluding hydrogens is 266 g/mol. The molecule has 0 amide bonds. The molecule has 1 atom stereocenters. The van der Waals surface area contributed by atoms with Gasteiger partial charge < -0.3 is 19.4 Å². The van der Waals surface area contributed by atoms with E-state index in [2.05, 4.69) is 27.0 Å². The minimum atomic E-state index is 0.177. The van der Waals surface area contributed by atoms with Crippen molar-refractivity contribution in [2.75, 3.05) is 25.6 Å². The van der Waals surface area contributed by atoms with Gasteiger partial charge in [0.1, 0.15) is 11.9 Å².